The van der Waals surface area contributed by atoms with E-state index in [1.54, 1.807) is 18.4 Å². The molecule has 1 aliphatic rings. The first-order valence-electron chi connectivity index (χ1n) is 6.71. The van der Waals surface area contributed by atoms with Crippen molar-refractivity contribution in [2.24, 2.45) is 11.8 Å². The Morgan fingerprint density at radius 2 is 2.28 bits per heavy atom. The molecule has 2 unspecified atom stereocenters. The van der Waals surface area contributed by atoms with E-state index < -0.39 is 0 Å². The molecule has 0 bridgehead atoms. The third kappa shape index (κ3) is 3.51. The number of aromatic nitrogens is 1. The molecule has 18 heavy (non-hydrogen) atoms. The molecule has 4 nitrogen and oxygen atoms in total. The van der Waals surface area contributed by atoms with Crippen LogP contribution in [-0.2, 0) is 11.2 Å². The van der Waals surface area contributed by atoms with Gasteiger partial charge in [0.2, 0.25) is 0 Å². The van der Waals surface area contributed by atoms with Gasteiger partial charge in [-0.3, -0.25) is 16.3 Å². The second kappa shape index (κ2) is 7.19. The van der Waals surface area contributed by atoms with Crippen molar-refractivity contribution in [1.82, 2.24) is 10.4 Å². The van der Waals surface area contributed by atoms with Gasteiger partial charge in [-0.25, -0.2) is 0 Å². The summed E-state index contributed by atoms with van der Waals surface area (Å²) in [5, 5.41) is 0. The topological polar surface area (TPSA) is 60.2 Å². The number of hydrogen-bond donors (Lipinski definition) is 2. The van der Waals surface area contributed by atoms with E-state index in [9.17, 15) is 0 Å². The standard InChI is InChI=1S/C13H23N3OS/c1-17-13(10-5-3-2-4-6-10)12(16-14)7-11-8-15-9-18-11/h8-10,12-13,16H,2-7,14H2,1H3. The van der Waals surface area contributed by atoms with E-state index in [0.29, 0.717) is 5.92 Å². The number of hydrogen-bond acceptors (Lipinski definition) is 5. The molecule has 1 aromatic heterocycles. The summed E-state index contributed by atoms with van der Waals surface area (Å²) < 4.78 is 5.73. The van der Waals surface area contributed by atoms with Crippen LogP contribution in [0.15, 0.2) is 11.7 Å². The Bertz CT molecular complexity index is 325. The predicted octanol–water partition coefficient (Wildman–Crippen LogP) is 2.11. The average molecular weight is 269 g/mol. The van der Waals surface area contributed by atoms with Crippen molar-refractivity contribution >= 4 is 11.3 Å². The Balaban J connectivity index is 1.98. The van der Waals surface area contributed by atoms with Gasteiger partial charge in [0.15, 0.2) is 0 Å². The molecule has 0 saturated heterocycles. The number of thiazole rings is 1. The zero-order chi connectivity index (χ0) is 12.8. The van der Waals surface area contributed by atoms with Crippen molar-refractivity contribution in [2.45, 2.75) is 50.7 Å². The van der Waals surface area contributed by atoms with E-state index in [-0.39, 0.29) is 12.1 Å². The fourth-order valence-corrected chi connectivity index (χ4v) is 3.63. The van der Waals surface area contributed by atoms with Crippen LogP contribution >= 0.6 is 11.3 Å². The number of nitrogens with one attached hydrogen (secondary N) is 1. The second-order valence-corrected chi connectivity index (χ2v) is 6.01. The molecule has 102 valence electrons. The number of ether oxygens (including phenoxy) is 1. The van der Waals surface area contributed by atoms with E-state index in [1.807, 2.05) is 11.7 Å². The van der Waals surface area contributed by atoms with Gasteiger partial charge >= 0.3 is 0 Å². The van der Waals surface area contributed by atoms with E-state index in [1.165, 1.54) is 37.0 Å². The van der Waals surface area contributed by atoms with Crippen LogP contribution in [0, 0.1) is 5.92 Å². The normalized spacial score (nSPS) is 20.8. The fourth-order valence-electron chi connectivity index (χ4n) is 2.98. The van der Waals surface area contributed by atoms with Gasteiger partial charge in [-0.05, 0) is 18.8 Å². The molecule has 1 fully saturated rings. The van der Waals surface area contributed by atoms with Crippen LogP contribution in [0.2, 0.25) is 0 Å². The summed E-state index contributed by atoms with van der Waals surface area (Å²) in [5.74, 6) is 6.36. The van der Waals surface area contributed by atoms with Crippen LogP contribution < -0.4 is 11.3 Å². The van der Waals surface area contributed by atoms with Crippen molar-refractivity contribution in [3.05, 3.63) is 16.6 Å². The lowest BCUT2D eigenvalue weighted by atomic mass is 9.82. The minimum Gasteiger partial charge on any atom is -0.379 e. The van der Waals surface area contributed by atoms with E-state index in [2.05, 4.69) is 10.4 Å². The van der Waals surface area contributed by atoms with Crippen LogP contribution in [0.3, 0.4) is 0 Å². The Kier molecular flexibility index (Phi) is 5.56. The van der Waals surface area contributed by atoms with Gasteiger partial charge in [0.05, 0.1) is 17.7 Å². The van der Waals surface area contributed by atoms with Crippen molar-refractivity contribution in [3.8, 4) is 0 Å². The first-order chi connectivity index (χ1) is 8.85. The zero-order valence-electron chi connectivity index (χ0n) is 11.0. The highest BCUT2D eigenvalue weighted by Gasteiger charge is 2.30. The fraction of sp³-hybridized carbons (Fsp3) is 0.769. The van der Waals surface area contributed by atoms with Gasteiger partial charge in [0.25, 0.3) is 0 Å². The Hall–Kier alpha value is -0.490. The van der Waals surface area contributed by atoms with Gasteiger partial charge in [0.1, 0.15) is 0 Å². The van der Waals surface area contributed by atoms with Crippen LogP contribution in [0.25, 0.3) is 0 Å². The molecular formula is C13H23N3OS. The van der Waals surface area contributed by atoms with Crippen molar-refractivity contribution in [1.29, 1.82) is 0 Å². The zero-order valence-corrected chi connectivity index (χ0v) is 11.8. The van der Waals surface area contributed by atoms with Crippen LogP contribution in [-0.4, -0.2) is 24.2 Å². The Morgan fingerprint density at radius 3 is 2.83 bits per heavy atom. The molecule has 5 heteroatoms. The molecule has 0 aromatic carbocycles. The maximum Gasteiger partial charge on any atom is 0.0794 e. The largest absolute Gasteiger partial charge is 0.379 e. The highest BCUT2D eigenvalue weighted by Crippen LogP contribution is 2.30. The molecular weight excluding hydrogens is 246 g/mol. The predicted molar refractivity (Wildman–Crippen MR) is 74.3 cm³/mol. The summed E-state index contributed by atoms with van der Waals surface area (Å²) in [6.07, 6.45) is 9.56. The highest BCUT2D eigenvalue weighted by atomic mass is 32.1. The third-order valence-electron chi connectivity index (χ3n) is 3.90. The highest BCUT2D eigenvalue weighted by molar-refractivity contribution is 7.09. The molecule has 1 heterocycles. The monoisotopic (exact) mass is 269 g/mol. The first-order valence-corrected chi connectivity index (χ1v) is 7.59. The van der Waals surface area contributed by atoms with Crippen LogP contribution in [0.1, 0.15) is 37.0 Å². The first kappa shape index (κ1) is 13.9. The van der Waals surface area contributed by atoms with E-state index in [4.69, 9.17) is 10.6 Å². The Labute approximate surface area is 113 Å². The molecule has 0 amide bonds. The van der Waals surface area contributed by atoms with Crippen LogP contribution in [0.4, 0.5) is 0 Å². The lowest BCUT2D eigenvalue weighted by molar-refractivity contribution is 0.00845. The quantitative estimate of drug-likeness (QED) is 0.613. The van der Waals surface area contributed by atoms with Gasteiger partial charge < -0.3 is 4.74 Å². The molecule has 1 aromatic rings. The summed E-state index contributed by atoms with van der Waals surface area (Å²) in [7, 11) is 1.80. The second-order valence-electron chi connectivity index (χ2n) is 5.04. The number of hydrazine groups is 1. The minimum absolute atomic E-state index is 0.179. The molecule has 0 radical (unpaired) electrons. The summed E-state index contributed by atoms with van der Waals surface area (Å²) >= 11 is 1.68. The van der Waals surface area contributed by atoms with Gasteiger partial charge in [-0.2, -0.15) is 0 Å². The van der Waals surface area contributed by atoms with E-state index >= 15 is 0 Å². The molecule has 3 N–H and O–H groups in total. The van der Waals surface area contributed by atoms with Gasteiger partial charge in [0, 0.05) is 24.6 Å². The van der Waals surface area contributed by atoms with Crippen LogP contribution in [0.5, 0.6) is 0 Å². The number of nitrogens with zero attached hydrogens (tertiary/aromatic N) is 1. The number of nitrogens with two attached hydrogens (primary N) is 1. The summed E-state index contributed by atoms with van der Waals surface area (Å²) in [6, 6.07) is 0.179. The van der Waals surface area contributed by atoms with Crippen molar-refractivity contribution < 1.29 is 4.74 Å². The van der Waals surface area contributed by atoms with E-state index in [0.717, 1.165) is 6.42 Å². The average Bonchev–Trinajstić information content (AvgIpc) is 2.92. The van der Waals surface area contributed by atoms with Gasteiger partial charge in [-0.1, -0.05) is 19.3 Å². The SMILES string of the molecule is COC(C1CCCCC1)C(Cc1cncs1)NN. The summed E-state index contributed by atoms with van der Waals surface area (Å²) in [5.41, 5.74) is 4.81. The third-order valence-corrected chi connectivity index (χ3v) is 4.70. The van der Waals surface area contributed by atoms with Crippen molar-refractivity contribution in [2.75, 3.05) is 7.11 Å². The molecule has 2 atom stereocenters. The molecule has 1 aliphatic carbocycles. The molecule has 1 saturated carbocycles. The summed E-state index contributed by atoms with van der Waals surface area (Å²) in [6.45, 7) is 0. The number of rotatable bonds is 6. The van der Waals surface area contributed by atoms with Crippen molar-refractivity contribution in [3.63, 3.8) is 0 Å². The maximum absolute atomic E-state index is 5.73. The lowest BCUT2D eigenvalue weighted by Crippen LogP contribution is -2.49. The molecule has 2 rings (SSSR count). The molecule has 0 aliphatic heterocycles. The number of methoxy groups -OCH3 is 1. The smallest absolute Gasteiger partial charge is 0.0794 e. The Morgan fingerprint density at radius 1 is 1.50 bits per heavy atom. The maximum atomic E-state index is 5.73. The molecule has 0 spiro atoms. The lowest BCUT2D eigenvalue weighted by Gasteiger charge is -2.34. The minimum atomic E-state index is 0.179. The van der Waals surface area contributed by atoms with Gasteiger partial charge in [-0.15, -0.1) is 11.3 Å². The summed E-state index contributed by atoms with van der Waals surface area (Å²) in [4.78, 5) is 5.38.